The molecule has 1 aromatic carbocycles. The van der Waals surface area contributed by atoms with E-state index in [-0.39, 0.29) is 17.6 Å². The van der Waals surface area contributed by atoms with Gasteiger partial charge in [-0.2, -0.15) is 5.10 Å². The molecule has 1 N–H and O–H groups in total. The molecule has 1 saturated heterocycles. The third kappa shape index (κ3) is 4.86. The van der Waals surface area contributed by atoms with E-state index < -0.39 is 5.60 Å². The monoisotopic (exact) mass is 491 g/mol. The summed E-state index contributed by atoms with van der Waals surface area (Å²) in [4.78, 5) is 34.6. The molecule has 1 aliphatic rings. The second kappa shape index (κ2) is 8.96. The maximum atomic E-state index is 12.6. The minimum absolute atomic E-state index is 0.116. The number of carbonyl (C=O) groups is 1. The van der Waals surface area contributed by atoms with E-state index >= 15 is 0 Å². The number of carbonyl (C=O) groups excluding carboxylic acids is 1. The molecule has 1 amide bonds. The number of rotatable bonds is 3. The fraction of sp³-hybridized carbons (Fsp3) is 0.385. The van der Waals surface area contributed by atoms with Gasteiger partial charge in [0.05, 0.1) is 23.1 Å². The third-order valence-electron chi connectivity index (χ3n) is 6.18. The molecule has 35 heavy (non-hydrogen) atoms. The van der Waals surface area contributed by atoms with Crippen LogP contribution in [0.4, 0.5) is 4.79 Å². The van der Waals surface area contributed by atoms with Crippen LogP contribution in [0.3, 0.4) is 0 Å². The van der Waals surface area contributed by atoms with Gasteiger partial charge >= 0.3 is 6.09 Å². The summed E-state index contributed by atoms with van der Waals surface area (Å²) >= 11 is 1.53. The lowest BCUT2D eigenvalue weighted by Gasteiger charge is -2.33. The molecule has 9 heteroatoms. The van der Waals surface area contributed by atoms with Crippen molar-refractivity contribution in [3.63, 3.8) is 0 Å². The Bertz CT molecular complexity index is 1420. The van der Waals surface area contributed by atoms with Crippen LogP contribution in [-0.2, 0) is 4.74 Å². The Kier molecular flexibility index (Phi) is 5.96. The van der Waals surface area contributed by atoms with Gasteiger partial charge in [0.15, 0.2) is 0 Å². The van der Waals surface area contributed by atoms with E-state index in [4.69, 9.17) is 9.72 Å². The van der Waals surface area contributed by atoms with Crippen LogP contribution in [0.2, 0.25) is 0 Å². The Hall–Kier alpha value is -3.46. The molecule has 0 bridgehead atoms. The Morgan fingerprint density at radius 3 is 2.57 bits per heavy atom. The van der Waals surface area contributed by atoms with Crippen LogP contribution in [0.25, 0.3) is 27.5 Å². The van der Waals surface area contributed by atoms with Crippen LogP contribution in [0.1, 0.15) is 50.8 Å². The van der Waals surface area contributed by atoms with E-state index in [9.17, 15) is 9.59 Å². The Morgan fingerprint density at radius 1 is 1.17 bits per heavy atom. The summed E-state index contributed by atoms with van der Waals surface area (Å²) in [6.45, 7) is 8.82. The number of benzene rings is 1. The molecular weight excluding hydrogens is 462 g/mol. The van der Waals surface area contributed by atoms with Crippen LogP contribution in [0.5, 0.6) is 0 Å². The van der Waals surface area contributed by atoms with E-state index in [1.165, 1.54) is 16.9 Å². The van der Waals surface area contributed by atoms with E-state index in [2.05, 4.69) is 41.3 Å². The predicted molar refractivity (Wildman–Crippen MR) is 137 cm³/mol. The number of amides is 1. The first kappa shape index (κ1) is 23.3. The van der Waals surface area contributed by atoms with Gasteiger partial charge in [0, 0.05) is 36.0 Å². The van der Waals surface area contributed by atoms with Crippen molar-refractivity contribution in [2.45, 2.75) is 52.1 Å². The van der Waals surface area contributed by atoms with Crippen molar-refractivity contribution in [3.8, 4) is 21.8 Å². The normalized spacial score (nSPS) is 15.0. The second-order valence-corrected chi connectivity index (χ2v) is 10.9. The molecule has 0 aliphatic carbocycles. The second-order valence-electron chi connectivity index (χ2n) is 10.0. The number of fused-ring (bicyclic) bond motifs is 1. The molecule has 0 spiro atoms. The number of piperidine rings is 1. The molecule has 182 valence electrons. The average molecular weight is 492 g/mol. The number of aryl methyl sites for hydroxylation is 1. The topological polar surface area (TPSA) is 92.6 Å². The van der Waals surface area contributed by atoms with E-state index in [0.717, 1.165) is 40.4 Å². The summed E-state index contributed by atoms with van der Waals surface area (Å²) in [5, 5.41) is 7.45. The maximum absolute atomic E-state index is 12.6. The van der Waals surface area contributed by atoms with Crippen molar-refractivity contribution in [2.24, 2.45) is 0 Å². The van der Waals surface area contributed by atoms with Gasteiger partial charge in [-0.05, 0) is 40.5 Å². The number of hydrogen-bond acceptors (Lipinski definition) is 6. The van der Waals surface area contributed by atoms with Crippen molar-refractivity contribution in [2.75, 3.05) is 13.1 Å². The van der Waals surface area contributed by atoms with Crippen molar-refractivity contribution in [3.05, 3.63) is 63.5 Å². The molecule has 3 aromatic heterocycles. The minimum atomic E-state index is -0.520. The Morgan fingerprint density at radius 2 is 1.89 bits per heavy atom. The number of H-pyrrole nitrogens is 1. The maximum Gasteiger partial charge on any atom is 0.410 e. The highest BCUT2D eigenvalue weighted by Gasteiger charge is 2.29. The van der Waals surface area contributed by atoms with E-state index in [1.54, 1.807) is 17.2 Å². The van der Waals surface area contributed by atoms with Gasteiger partial charge in [-0.1, -0.05) is 29.8 Å². The van der Waals surface area contributed by atoms with E-state index in [0.29, 0.717) is 18.7 Å². The largest absolute Gasteiger partial charge is 0.444 e. The van der Waals surface area contributed by atoms with Gasteiger partial charge in [0.1, 0.15) is 16.3 Å². The van der Waals surface area contributed by atoms with Crippen LogP contribution < -0.4 is 5.56 Å². The number of thiazole rings is 1. The molecule has 4 aromatic rings. The van der Waals surface area contributed by atoms with Crippen LogP contribution in [-0.4, -0.2) is 49.3 Å². The van der Waals surface area contributed by atoms with Gasteiger partial charge in [0.2, 0.25) is 0 Å². The molecule has 0 saturated carbocycles. The zero-order chi connectivity index (χ0) is 24.7. The molecule has 1 fully saturated rings. The number of aromatic nitrogens is 4. The highest BCUT2D eigenvalue weighted by molar-refractivity contribution is 7.13. The first-order valence-electron chi connectivity index (χ1n) is 11.8. The molecule has 0 unspecified atom stereocenters. The fourth-order valence-electron chi connectivity index (χ4n) is 4.40. The Labute approximate surface area is 207 Å². The zero-order valence-electron chi connectivity index (χ0n) is 20.4. The number of likely N-dealkylation sites (tertiary alicyclic amines) is 1. The third-order valence-corrected chi connectivity index (χ3v) is 7.06. The molecule has 4 heterocycles. The van der Waals surface area contributed by atoms with Gasteiger partial charge in [-0.15, -0.1) is 11.3 Å². The number of hydrogen-bond donors (Lipinski definition) is 1. The summed E-state index contributed by atoms with van der Waals surface area (Å²) < 4.78 is 7.33. The SMILES string of the molecule is Cc1ccc(-c2csc(-c3cnn4c(C5CCN(C(=O)OC(C)(C)C)CC5)cc(=O)[nH]c34)n2)cc1. The average Bonchev–Trinajstić information content (AvgIpc) is 3.45. The standard InChI is InChI=1S/C26H29N5O3S/c1-16-5-7-17(8-6-16)20-15-35-24(28-20)19-14-27-31-21(13-22(32)29-23(19)31)18-9-11-30(12-10-18)25(33)34-26(2,3)4/h5-8,13-15,18H,9-12H2,1-4H3,(H,29,32). The van der Waals surface area contributed by atoms with Gasteiger partial charge < -0.3 is 14.6 Å². The molecule has 0 radical (unpaired) electrons. The van der Waals surface area contributed by atoms with Crippen molar-refractivity contribution in [1.82, 2.24) is 24.5 Å². The lowest BCUT2D eigenvalue weighted by Crippen LogP contribution is -2.41. The molecular formula is C26H29N5O3S. The zero-order valence-corrected chi connectivity index (χ0v) is 21.2. The summed E-state index contributed by atoms with van der Waals surface area (Å²) in [5.74, 6) is 0.116. The van der Waals surface area contributed by atoms with Gasteiger partial charge in [0.25, 0.3) is 5.56 Å². The highest BCUT2D eigenvalue weighted by Crippen LogP contribution is 2.33. The number of ether oxygens (including phenoxy) is 1. The smallest absolute Gasteiger partial charge is 0.410 e. The number of nitrogens with zero attached hydrogens (tertiary/aromatic N) is 4. The van der Waals surface area contributed by atoms with Crippen LogP contribution in [0, 0.1) is 6.92 Å². The Balaban J connectivity index is 1.40. The highest BCUT2D eigenvalue weighted by atomic mass is 32.1. The van der Waals surface area contributed by atoms with Gasteiger partial charge in [-0.25, -0.2) is 14.3 Å². The van der Waals surface area contributed by atoms with Crippen LogP contribution in [0.15, 0.2) is 46.7 Å². The van der Waals surface area contributed by atoms with E-state index in [1.807, 2.05) is 30.7 Å². The number of nitrogens with one attached hydrogen (secondary N) is 1. The summed E-state index contributed by atoms with van der Waals surface area (Å²) in [5.41, 5.74) is 4.78. The lowest BCUT2D eigenvalue weighted by atomic mass is 9.93. The summed E-state index contributed by atoms with van der Waals surface area (Å²) in [6, 6.07) is 9.89. The van der Waals surface area contributed by atoms with Crippen molar-refractivity contribution >= 4 is 23.1 Å². The first-order chi connectivity index (χ1) is 16.7. The number of aromatic amines is 1. The fourth-order valence-corrected chi connectivity index (χ4v) is 5.24. The molecule has 1 aliphatic heterocycles. The minimum Gasteiger partial charge on any atom is -0.444 e. The lowest BCUT2D eigenvalue weighted by molar-refractivity contribution is 0.0203. The molecule has 0 atom stereocenters. The molecule has 5 rings (SSSR count). The summed E-state index contributed by atoms with van der Waals surface area (Å²) in [6.07, 6.45) is 2.95. The quantitative estimate of drug-likeness (QED) is 0.423. The van der Waals surface area contributed by atoms with Crippen molar-refractivity contribution in [1.29, 1.82) is 0 Å². The van der Waals surface area contributed by atoms with Gasteiger partial charge in [-0.3, -0.25) is 4.79 Å². The first-order valence-corrected chi connectivity index (χ1v) is 12.7. The molecule has 8 nitrogen and oxygen atoms in total. The predicted octanol–water partition coefficient (Wildman–Crippen LogP) is 5.24. The van der Waals surface area contributed by atoms with Crippen LogP contribution >= 0.6 is 11.3 Å². The summed E-state index contributed by atoms with van der Waals surface area (Å²) in [7, 11) is 0. The van der Waals surface area contributed by atoms with Crippen molar-refractivity contribution < 1.29 is 9.53 Å².